The minimum atomic E-state index is -0.404. The number of hydrogen-bond acceptors (Lipinski definition) is 3. The highest BCUT2D eigenvalue weighted by atomic mass is 79.9. The Morgan fingerprint density at radius 3 is 3.06 bits per heavy atom. The Hall–Kier alpha value is -1.07. The molecule has 0 saturated carbocycles. The first-order chi connectivity index (χ1) is 8.16. The highest BCUT2D eigenvalue weighted by molar-refractivity contribution is 9.10. The molecule has 1 amide bonds. The number of benzene rings is 1. The van der Waals surface area contributed by atoms with Gasteiger partial charge in [-0.2, -0.15) is 0 Å². The van der Waals surface area contributed by atoms with Crippen LogP contribution < -0.4 is 16.4 Å². The quantitative estimate of drug-likeness (QED) is 0.790. The Bertz CT molecular complexity index is 416. The van der Waals surface area contributed by atoms with Crippen LogP contribution in [0.25, 0.3) is 0 Å². The summed E-state index contributed by atoms with van der Waals surface area (Å²) in [7, 11) is 0. The van der Waals surface area contributed by atoms with Crippen molar-refractivity contribution < 1.29 is 4.79 Å². The first-order valence-corrected chi connectivity index (χ1v) is 6.50. The molecule has 92 valence electrons. The average Bonchev–Trinajstić information content (AvgIpc) is 2.80. The highest BCUT2D eigenvalue weighted by Crippen LogP contribution is 2.21. The second-order valence-electron chi connectivity index (χ2n) is 4.29. The largest absolute Gasteiger partial charge is 0.384 e. The van der Waals surface area contributed by atoms with Crippen LogP contribution in [0.1, 0.15) is 16.8 Å². The van der Waals surface area contributed by atoms with Crippen molar-refractivity contribution in [2.24, 2.45) is 11.7 Å². The summed E-state index contributed by atoms with van der Waals surface area (Å²) >= 11 is 3.34. The van der Waals surface area contributed by atoms with E-state index in [2.05, 4.69) is 26.6 Å². The third-order valence-corrected chi connectivity index (χ3v) is 3.48. The molecule has 0 bridgehead atoms. The minimum absolute atomic E-state index is 0.404. The molecule has 0 spiro atoms. The molecule has 17 heavy (non-hydrogen) atoms. The lowest BCUT2D eigenvalue weighted by Crippen LogP contribution is -2.20. The van der Waals surface area contributed by atoms with Gasteiger partial charge in [0, 0.05) is 16.7 Å². The fraction of sp³-hybridized carbons (Fsp3) is 0.417. The van der Waals surface area contributed by atoms with Gasteiger partial charge in [0.15, 0.2) is 0 Å². The lowest BCUT2D eigenvalue weighted by Gasteiger charge is -2.13. The van der Waals surface area contributed by atoms with E-state index in [0.717, 1.165) is 29.8 Å². The zero-order chi connectivity index (χ0) is 12.3. The van der Waals surface area contributed by atoms with Gasteiger partial charge < -0.3 is 16.4 Å². The average molecular weight is 298 g/mol. The van der Waals surface area contributed by atoms with E-state index in [1.54, 1.807) is 6.07 Å². The summed E-state index contributed by atoms with van der Waals surface area (Å²) in [6, 6.07) is 5.53. The molecule has 1 aliphatic rings. The molecule has 1 heterocycles. The number of nitrogens with two attached hydrogens (primary N) is 1. The fourth-order valence-electron chi connectivity index (χ4n) is 2.02. The van der Waals surface area contributed by atoms with Crippen LogP contribution in [0, 0.1) is 5.92 Å². The van der Waals surface area contributed by atoms with Gasteiger partial charge in [-0.25, -0.2) is 0 Å². The van der Waals surface area contributed by atoms with Gasteiger partial charge in [-0.3, -0.25) is 4.79 Å². The normalized spacial score (nSPS) is 19.2. The van der Waals surface area contributed by atoms with E-state index in [1.807, 2.05) is 12.1 Å². The number of carbonyl (C=O) groups excluding carboxylic acids is 1. The molecule has 0 radical (unpaired) electrons. The zero-order valence-corrected chi connectivity index (χ0v) is 11.1. The van der Waals surface area contributed by atoms with Crippen molar-refractivity contribution in [2.75, 3.05) is 25.0 Å². The first kappa shape index (κ1) is 12.4. The number of nitrogens with one attached hydrogen (secondary N) is 2. The lowest BCUT2D eigenvalue weighted by atomic mass is 10.1. The number of amides is 1. The maximum Gasteiger partial charge on any atom is 0.250 e. The molecule has 2 rings (SSSR count). The molecule has 1 atom stereocenters. The summed E-state index contributed by atoms with van der Waals surface area (Å²) in [4.78, 5) is 11.3. The number of carbonyl (C=O) groups is 1. The molecule has 1 fully saturated rings. The molecule has 1 unspecified atom stereocenters. The predicted molar refractivity (Wildman–Crippen MR) is 72.1 cm³/mol. The molecule has 0 aliphatic carbocycles. The van der Waals surface area contributed by atoms with Crippen molar-refractivity contribution in [2.45, 2.75) is 6.42 Å². The third kappa shape index (κ3) is 3.20. The van der Waals surface area contributed by atoms with E-state index in [0.29, 0.717) is 11.5 Å². The molecule has 0 aromatic heterocycles. The molecular weight excluding hydrogens is 282 g/mol. The van der Waals surface area contributed by atoms with E-state index in [1.165, 1.54) is 6.42 Å². The summed E-state index contributed by atoms with van der Waals surface area (Å²) < 4.78 is 0.861. The minimum Gasteiger partial charge on any atom is -0.384 e. The summed E-state index contributed by atoms with van der Waals surface area (Å²) in [5.74, 6) is 0.220. The van der Waals surface area contributed by atoms with Crippen LogP contribution >= 0.6 is 15.9 Å². The molecule has 1 saturated heterocycles. The smallest absolute Gasteiger partial charge is 0.250 e. The molecule has 1 aliphatic heterocycles. The topological polar surface area (TPSA) is 67.2 Å². The maximum absolute atomic E-state index is 11.3. The van der Waals surface area contributed by atoms with Crippen LogP contribution in [0.2, 0.25) is 0 Å². The number of hydrogen-bond donors (Lipinski definition) is 3. The Labute approximate surface area is 109 Å². The van der Waals surface area contributed by atoms with Crippen molar-refractivity contribution in [1.29, 1.82) is 0 Å². The Kier molecular flexibility index (Phi) is 4.02. The van der Waals surface area contributed by atoms with Gasteiger partial charge in [-0.15, -0.1) is 0 Å². The molecule has 4 nitrogen and oxygen atoms in total. The van der Waals surface area contributed by atoms with Crippen molar-refractivity contribution in [3.63, 3.8) is 0 Å². The van der Waals surface area contributed by atoms with Gasteiger partial charge >= 0.3 is 0 Å². The van der Waals surface area contributed by atoms with Crippen LogP contribution in [-0.2, 0) is 0 Å². The Balaban J connectivity index is 2.06. The predicted octanol–water partition coefficient (Wildman–Crippen LogP) is 1.57. The third-order valence-electron chi connectivity index (χ3n) is 2.99. The second kappa shape index (κ2) is 5.51. The van der Waals surface area contributed by atoms with Crippen LogP contribution in [-0.4, -0.2) is 25.5 Å². The van der Waals surface area contributed by atoms with E-state index >= 15 is 0 Å². The van der Waals surface area contributed by atoms with Gasteiger partial charge in [0.2, 0.25) is 0 Å². The maximum atomic E-state index is 11.3. The van der Waals surface area contributed by atoms with Crippen molar-refractivity contribution >= 4 is 27.5 Å². The van der Waals surface area contributed by atoms with Gasteiger partial charge in [0.05, 0.1) is 5.56 Å². The van der Waals surface area contributed by atoms with Gasteiger partial charge in [0.25, 0.3) is 5.91 Å². The molecule has 5 heteroatoms. The van der Waals surface area contributed by atoms with Crippen LogP contribution in [0.15, 0.2) is 22.7 Å². The lowest BCUT2D eigenvalue weighted by molar-refractivity contribution is 0.100. The van der Waals surface area contributed by atoms with Crippen molar-refractivity contribution in [1.82, 2.24) is 5.32 Å². The van der Waals surface area contributed by atoms with E-state index in [-0.39, 0.29) is 0 Å². The number of primary amides is 1. The Morgan fingerprint density at radius 1 is 1.59 bits per heavy atom. The molecular formula is C12H16BrN3O. The van der Waals surface area contributed by atoms with E-state index < -0.39 is 5.91 Å². The molecule has 4 N–H and O–H groups in total. The van der Waals surface area contributed by atoms with Crippen molar-refractivity contribution in [3.8, 4) is 0 Å². The first-order valence-electron chi connectivity index (χ1n) is 5.71. The zero-order valence-electron chi connectivity index (χ0n) is 9.50. The second-order valence-corrected chi connectivity index (χ2v) is 5.21. The summed E-state index contributed by atoms with van der Waals surface area (Å²) in [5.41, 5.74) is 6.70. The van der Waals surface area contributed by atoms with Crippen molar-refractivity contribution in [3.05, 3.63) is 28.2 Å². The monoisotopic (exact) mass is 297 g/mol. The van der Waals surface area contributed by atoms with Gasteiger partial charge in [-0.05, 0) is 43.6 Å². The van der Waals surface area contributed by atoms with Crippen LogP contribution in [0.5, 0.6) is 0 Å². The van der Waals surface area contributed by atoms with Crippen LogP contribution in [0.4, 0.5) is 5.69 Å². The van der Waals surface area contributed by atoms with Gasteiger partial charge in [0.1, 0.15) is 0 Å². The van der Waals surface area contributed by atoms with Crippen LogP contribution in [0.3, 0.4) is 0 Å². The summed E-state index contributed by atoms with van der Waals surface area (Å²) in [6.45, 7) is 2.99. The number of anilines is 1. The summed E-state index contributed by atoms with van der Waals surface area (Å²) in [5, 5.41) is 6.62. The van der Waals surface area contributed by atoms with E-state index in [4.69, 9.17) is 5.73 Å². The van der Waals surface area contributed by atoms with E-state index in [9.17, 15) is 4.79 Å². The van der Waals surface area contributed by atoms with Gasteiger partial charge in [-0.1, -0.05) is 15.9 Å². The molecule has 1 aromatic rings. The Morgan fingerprint density at radius 2 is 2.41 bits per heavy atom. The summed E-state index contributed by atoms with van der Waals surface area (Å²) in [6.07, 6.45) is 1.18. The standard InChI is InChI=1S/C12H16BrN3O/c13-9-1-2-11(10(5-9)12(14)17)16-7-8-3-4-15-6-8/h1-2,5,8,15-16H,3-4,6-7H2,(H2,14,17). The number of halogens is 1. The fourth-order valence-corrected chi connectivity index (χ4v) is 2.38. The SMILES string of the molecule is NC(=O)c1cc(Br)ccc1NCC1CCNC1. The molecule has 1 aromatic carbocycles. The number of rotatable bonds is 4. The highest BCUT2D eigenvalue weighted by Gasteiger charge is 2.15.